The molecule has 1 aromatic carbocycles. The van der Waals surface area contributed by atoms with Crippen molar-refractivity contribution in [1.82, 2.24) is 15.0 Å². The molecule has 9 heteroatoms. The average molecular weight is 393 g/mol. The number of benzene rings is 1. The SMILES string of the molecule is O=C(Cc1cc(=O)[nH]c(SCc2cccc(Cl)c2)n1)Nc1nccs1. The lowest BCUT2D eigenvalue weighted by molar-refractivity contribution is -0.115. The van der Waals surface area contributed by atoms with Gasteiger partial charge in [0.1, 0.15) is 0 Å². The summed E-state index contributed by atoms with van der Waals surface area (Å²) >= 11 is 8.67. The maximum Gasteiger partial charge on any atom is 0.251 e. The maximum atomic E-state index is 12.0. The molecule has 3 rings (SSSR count). The molecular formula is C16H13ClN4O2S2. The first-order chi connectivity index (χ1) is 12.1. The van der Waals surface area contributed by atoms with Crippen LogP contribution in [0.1, 0.15) is 11.3 Å². The van der Waals surface area contributed by atoms with E-state index in [0.717, 1.165) is 5.56 Å². The Morgan fingerprint density at radius 3 is 3.00 bits per heavy atom. The molecular weight excluding hydrogens is 380 g/mol. The highest BCUT2D eigenvalue weighted by Gasteiger charge is 2.09. The number of aromatic nitrogens is 3. The van der Waals surface area contributed by atoms with E-state index < -0.39 is 0 Å². The molecule has 0 spiro atoms. The molecule has 0 aliphatic carbocycles. The third-order valence-corrected chi connectivity index (χ3v) is 4.93. The molecule has 0 bridgehead atoms. The van der Waals surface area contributed by atoms with Gasteiger partial charge in [-0.25, -0.2) is 9.97 Å². The predicted molar refractivity (Wildman–Crippen MR) is 100 cm³/mol. The van der Waals surface area contributed by atoms with Crippen LogP contribution in [0.4, 0.5) is 5.13 Å². The van der Waals surface area contributed by atoms with Crippen molar-refractivity contribution in [2.45, 2.75) is 17.3 Å². The van der Waals surface area contributed by atoms with Crippen molar-refractivity contribution < 1.29 is 4.79 Å². The van der Waals surface area contributed by atoms with E-state index in [9.17, 15) is 9.59 Å². The monoisotopic (exact) mass is 392 g/mol. The lowest BCUT2D eigenvalue weighted by Crippen LogP contribution is -2.18. The highest BCUT2D eigenvalue weighted by atomic mass is 35.5. The first kappa shape index (κ1) is 17.7. The van der Waals surface area contributed by atoms with Crippen LogP contribution in [0.15, 0.2) is 51.9 Å². The van der Waals surface area contributed by atoms with Gasteiger partial charge in [-0.15, -0.1) is 11.3 Å². The Hall–Kier alpha value is -2.16. The van der Waals surface area contributed by atoms with Crippen molar-refractivity contribution in [3.63, 3.8) is 0 Å². The lowest BCUT2D eigenvalue weighted by Gasteiger charge is -2.05. The van der Waals surface area contributed by atoms with E-state index in [1.807, 2.05) is 18.2 Å². The molecule has 0 saturated carbocycles. The smallest absolute Gasteiger partial charge is 0.251 e. The quantitative estimate of drug-likeness (QED) is 0.496. The first-order valence-corrected chi connectivity index (χ1v) is 9.49. The predicted octanol–water partition coefficient (Wildman–Crippen LogP) is 3.35. The van der Waals surface area contributed by atoms with Gasteiger partial charge in [0.15, 0.2) is 10.3 Å². The minimum absolute atomic E-state index is 0.00816. The standard InChI is InChI=1S/C16H13ClN4O2S2/c17-11-3-1-2-10(6-11)9-25-16-19-12(8-14(23)21-16)7-13(22)20-15-18-4-5-24-15/h1-6,8H,7,9H2,(H,18,20,22)(H,19,21,23). The molecule has 2 heterocycles. The topological polar surface area (TPSA) is 87.7 Å². The molecule has 0 atom stereocenters. The second-order valence-electron chi connectivity index (χ2n) is 5.02. The van der Waals surface area contributed by atoms with E-state index in [1.54, 1.807) is 17.6 Å². The number of carbonyl (C=O) groups is 1. The molecule has 25 heavy (non-hydrogen) atoms. The van der Waals surface area contributed by atoms with E-state index in [-0.39, 0.29) is 17.9 Å². The van der Waals surface area contributed by atoms with Crippen molar-refractivity contribution in [2.24, 2.45) is 0 Å². The molecule has 128 valence electrons. The lowest BCUT2D eigenvalue weighted by atomic mass is 10.2. The van der Waals surface area contributed by atoms with Gasteiger partial charge < -0.3 is 10.3 Å². The number of nitrogens with zero attached hydrogens (tertiary/aromatic N) is 2. The number of nitrogens with one attached hydrogen (secondary N) is 2. The van der Waals surface area contributed by atoms with E-state index in [0.29, 0.717) is 26.8 Å². The highest BCUT2D eigenvalue weighted by Crippen LogP contribution is 2.20. The van der Waals surface area contributed by atoms with Crippen LogP contribution in [0.2, 0.25) is 5.02 Å². The summed E-state index contributed by atoms with van der Waals surface area (Å²) in [5.74, 6) is 0.344. The molecule has 2 aromatic heterocycles. The highest BCUT2D eigenvalue weighted by molar-refractivity contribution is 7.98. The summed E-state index contributed by atoms with van der Waals surface area (Å²) in [6.45, 7) is 0. The van der Waals surface area contributed by atoms with Crippen LogP contribution in [0.5, 0.6) is 0 Å². The number of anilines is 1. The van der Waals surface area contributed by atoms with Gasteiger partial charge in [0, 0.05) is 28.4 Å². The molecule has 0 fully saturated rings. The Bertz CT molecular complexity index is 928. The summed E-state index contributed by atoms with van der Waals surface area (Å²) in [4.78, 5) is 34.8. The third kappa shape index (κ3) is 5.42. The Morgan fingerprint density at radius 1 is 1.36 bits per heavy atom. The van der Waals surface area contributed by atoms with Crippen molar-refractivity contribution >= 4 is 45.7 Å². The van der Waals surface area contributed by atoms with E-state index in [2.05, 4.69) is 20.3 Å². The fourth-order valence-corrected chi connectivity index (χ4v) is 3.63. The van der Waals surface area contributed by atoms with Gasteiger partial charge in [-0.05, 0) is 17.7 Å². The van der Waals surface area contributed by atoms with Crippen LogP contribution < -0.4 is 10.9 Å². The van der Waals surface area contributed by atoms with Gasteiger partial charge in [-0.3, -0.25) is 9.59 Å². The van der Waals surface area contributed by atoms with Crippen LogP contribution in [-0.4, -0.2) is 20.9 Å². The van der Waals surface area contributed by atoms with Crippen LogP contribution in [0.3, 0.4) is 0 Å². The Morgan fingerprint density at radius 2 is 2.24 bits per heavy atom. The van der Waals surface area contributed by atoms with Crippen LogP contribution in [-0.2, 0) is 17.0 Å². The molecule has 1 amide bonds. The summed E-state index contributed by atoms with van der Waals surface area (Å²) in [5, 5.41) is 6.08. The Balaban J connectivity index is 1.65. The second-order valence-corrected chi connectivity index (χ2v) is 7.32. The summed E-state index contributed by atoms with van der Waals surface area (Å²) in [7, 11) is 0. The molecule has 2 N–H and O–H groups in total. The minimum Gasteiger partial charge on any atom is -0.302 e. The number of thiazole rings is 1. The fraction of sp³-hybridized carbons (Fsp3) is 0.125. The van der Waals surface area contributed by atoms with E-state index in [4.69, 9.17) is 11.6 Å². The summed E-state index contributed by atoms with van der Waals surface area (Å²) in [6.07, 6.45) is 1.62. The Kier molecular flexibility index (Phi) is 5.85. The van der Waals surface area contributed by atoms with Crippen LogP contribution in [0, 0.1) is 0 Å². The summed E-state index contributed by atoms with van der Waals surface area (Å²) in [5.41, 5.74) is 1.14. The molecule has 0 aliphatic rings. The number of hydrogen-bond acceptors (Lipinski definition) is 6. The maximum absolute atomic E-state index is 12.0. The van der Waals surface area contributed by atoms with E-state index >= 15 is 0 Å². The average Bonchev–Trinajstić information content (AvgIpc) is 3.05. The van der Waals surface area contributed by atoms with Gasteiger partial charge in [-0.2, -0.15) is 0 Å². The molecule has 0 saturated heterocycles. The number of halogens is 1. The second kappa shape index (κ2) is 8.28. The van der Waals surface area contributed by atoms with Crippen molar-refractivity contribution in [1.29, 1.82) is 0 Å². The Labute approximate surface area is 156 Å². The number of H-pyrrole nitrogens is 1. The minimum atomic E-state index is -0.291. The molecule has 6 nitrogen and oxygen atoms in total. The number of rotatable bonds is 6. The number of hydrogen-bond donors (Lipinski definition) is 2. The van der Waals surface area contributed by atoms with Crippen molar-refractivity contribution in [3.05, 3.63) is 68.5 Å². The van der Waals surface area contributed by atoms with Crippen LogP contribution in [0.25, 0.3) is 0 Å². The zero-order valence-corrected chi connectivity index (χ0v) is 15.2. The number of aromatic amines is 1. The van der Waals surface area contributed by atoms with Crippen molar-refractivity contribution in [3.8, 4) is 0 Å². The number of thioether (sulfide) groups is 1. The molecule has 3 aromatic rings. The third-order valence-electron chi connectivity index (χ3n) is 3.06. The van der Waals surface area contributed by atoms with Crippen LogP contribution >= 0.6 is 34.7 Å². The number of amides is 1. The number of carbonyl (C=O) groups excluding carboxylic acids is 1. The van der Waals surface area contributed by atoms with Gasteiger partial charge in [-0.1, -0.05) is 35.5 Å². The van der Waals surface area contributed by atoms with Crippen molar-refractivity contribution in [2.75, 3.05) is 5.32 Å². The summed E-state index contributed by atoms with van der Waals surface area (Å²) < 4.78 is 0. The van der Waals surface area contributed by atoms with Gasteiger partial charge in [0.2, 0.25) is 5.91 Å². The molecule has 0 radical (unpaired) electrons. The zero-order valence-electron chi connectivity index (χ0n) is 12.9. The largest absolute Gasteiger partial charge is 0.302 e. The van der Waals surface area contributed by atoms with Gasteiger partial charge >= 0.3 is 0 Å². The fourth-order valence-electron chi connectivity index (χ4n) is 2.03. The van der Waals surface area contributed by atoms with E-state index in [1.165, 1.54) is 29.2 Å². The van der Waals surface area contributed by atoms with Gasteiger partial charge in [0.05, 0.1) is 12.1 Å². The molecule has 0 aliphatic heterocycles. The van der Waals surface area contributed by atoms with Gasteiger partial charge in [0.25, 0.3) is 5.56 Å². The zero-order chi connectivity index (χ0) is 17.6. The molecule has 0 unspecified atom stereocenters. The normalized spacial score (nSPS) is 10.6. The summed E-state index contributed by atoms with van der Waals surface area (Å²) in [6, 6.07) is 8.80. The first-order valence-electron chi connectivity index (χ1n) is 7.25.